The number of carbonyl (C=O) groups excluding carboxylic acids is 1. The van der Waals surface area contributed by atoms with E-state index in [2.05, 4.69) is 29.8 Å². The SMILES string of the molecule is CCOC(=O)C(CBr)CC(C)C. The normalized spacial score (nSPS) is 13.1. The van der Waals surface area contributed by atoms with Crippen molar-refractivity contribution in [2.75, 3.05) is 11.9 Å². The molecule has 12 heavy (non-hydrogen) atoms. The summed E-state index contributed by atoms with van der Waals surface area (Å²) >= 11 is 3.31. The van der Waals surface area contributed by atoms with Crippen molar-refractivity contribution in [2.24, 2.45) is 11.8 Å². The molecule has 0 radical (unpaired) electrons. The molecule has 0 aromatic heterocycles. The monoisotopic (exact) mass is 236 g/mol. The summed E-state index contributed by atoms with van der Waals surface area (Å²) in [6.45, 7) is 6.52. The van der Waals surface area contributed by atoms with Crippen molar-refractivity contribution in [1.82, 2.24) is 0 Å². The van der Waals surface area contributed by atoms with Crippen molar-refractivity contribution in [3.8, 4) is 0 Å². The summed E-state index contributed by atoms with van der Waals surface area (Å²) in [4.78, 5) is 11.3. The third kappa shape index (κ3) is 4.75. The average Bonchev–Trinajstić information content (AvgIpc) is 2.00. The second-order valence-electron chi connectivity index (χ2n) is 3.23. The zero-order valence-corrected chi connectivity index (χ0v) is 9.56. The molecule has 0 amide bonds. The number of ether oxygens (including phenoxy) is 1. The van der Waals surface area contributed by atoms with E-state index < -0.39 is 0 Å². The van der Waals surface area contributed by atoms with Crippen LogP contribution in [0.1, 0.15) is 27.2 Å². The first kappa shape index (κ1) is 11.9. The molecular formula is C9H17BrO2. The van der Waals surface area contributed by atoms with Gasteiger partial charge in [0.15, 0.2) is 0 Å². The van der Waals surface area contributed by atoms with Crippen molar-refractivity contribution >= 4 is 21.9 Å². The predicted octanol–water partition coefficient (Wildman–Crippen LogP) is 2.61. The lowest BCUT2D eigenvalue weighted by molar-refractivity contribution is -0.147. The fraction of sp³-hybridized carbons (Fsp3) is 0.889. The number of esters is 1. The summed E-state index contributed by atoms with van der Waals surface area (Å²) in [7, 11) is 0. The Kier molecular flexibility index (Phi) is 6.44. The number of carbonyl (C=O) groups is 1. The predicted molar refractivity (Wildman–Crippen MR) is 53.4 cm³/mol. The molecule has 0 aliphatic rings. The summed E-state index contributed by atoms with van der Waals surface area (Å²) in [5.41, 5.74) is 0. The molecule has 0 fully saturated rings. The molecule has 0 bridgehead atoms. The van der Waals surface area contributed by atoms with E-state index in [1.165, 1.54) is 0 Å². The standard InChI is InChI=1S/C9H17BrO2/c1-4-12-9(11)8(6-10)5-7(2)3/h7-8H,4-6H2,1-3H3. The van der Waals surface area contributed by atoms with Crippen LogP contribution in [0.15, 0.2) is 0 Å². The lowest BCUT2D eigenvalue weighted by atomic mass is 9.99. The summed E-state index contributed by atoms with van der Waals surface area (Å²) in [5, 5.41) is 0.698. The zero-order chi connectivity index (χ0) is 9.56. The Morgan fingerprint density at radius 2 is 2.08 bits per heavy atom. The first-order valence-corrected chi connectivity index (χ1v) is 5.46. The second-order valence-corrected chi connectivity index (χ2v) is 3.88. The van der Waals surface area contributed by atoms with Crippen LogP contribution in [0.5, 0.6) is 0 Å². The van der Waals surface area contributed by atoms with E-state index in [4.69, 9.17) is 4.74 Å². The van der Waals surface area contributed by atoms with Crippen molar-refractivity contribution in [1.29, 1.82) is 0 Å². The van der Waals surface area contributed by atoms with Gasteiger partial charge in [-0.15, -0.1) is 0 Å². The van der Waals surface area contributed by atoms with E-state index in [-0.39, 0.29) is 11.9 Å². The molecule has 0 N–H and O–H groups in total. The number of hydrogen-bond acceptors (Lipinski definition) is 2. The van der Waals surface area contributed by atoms with Gasteiger partial charge in [0, 0.05) is 5.33 Å². The third-order valence-electron chi connectivity index (χ3n) is 1.56. The van der Waals surface area contributed by atoms with Gasteiger partial charge in [-0.25, -0.2) is 0 Å². The molecule has 0 aromatic carbocycles. The van der Waals surface area contributed by atoms with Gasteiger partial charge >= 0.3 is 5.97 Å². The quantitative estimate of drug-likeness (QED) is 0.542. The first-order chi connectivity index (χ1) is 5.61. The fourth-order valence-electron chi connectivity index (χ4n) is 1.05. The van der Waals surface area contributed by atoms with Gasteiger partial charge in [-0.05, 0) is 19.3 Å². The highest BCUT2D eigenvalue weighted by molar-refractivity contribution is 9.09. The molecule has 0 aromatic rings. The van der Waals surface area contributed by atoms with E-state index in [0.29, 0.717) is 17.9 Å². The van der Waals surface area contributed by atoms with Gasteiger partial charge in [-0.3, -0.25) is 4.79 Å². The van der Waals surface area contributed by atoms with E-state index in [0.717, 1.165) is 6.42 Å². The molecule has 0 rings (SSSR count). The summed E-state index contributed by atoms with van der Waals surface area (Å²) in [6, 6.07) is 0. The van der Waals surface area contributed by atoms with Crippen LogP contribution in [-0.4, -0.2) is 17.9 Å². The maximum Gasteiger partial charge on any atom is 0.309 e. The maximum absolute atomic E-state index is 11.3. The van der Waals surface area contributed by atoms with Gasteiger partial charge in [0.1, 0.15) is 0 Å². The molecule has 0 saturated carbocycles. The maximum atomic E-state index is 11.3. The van der Waals surface area contributed by atoms with Crippen LogP contribution in [0.25, 0.3) is 0 Å². The van der Waals surface area contributed by atoms with Crippen LogP contribution in [0, 0.1) is 11.8 Å². The van der Waals surface area contributed by atoms with Gasteiger partial charge in [0.25, 0.3) is 0 Å². The van der Waals surface area contributed by atoms with Crippen molar-refractivity contribution in [3.63, 3.8) is 0 Å². The van der Waals surface area contributed by atoms with Crippen molar-refractivity contribution in [2.45, 2.75) is 27.2 Å². The van der Waals surface area contributed by atoms with Crippen LogP contribution in [0.3, 0.4) is 0 Å². The Balaban J connectivity index is 3.87. The van der Waals surface area contributed by atoms with Gasteiger partial charge in [-0.1, -0.05) is 29.8 Å². The molecule has 2 nitrogen and oxygen atoms in total. The van der Waals surface area contributed by atoms with Crippen molar-refractivity contribution in [3.05, 3.63) is 0 Å². The summed E-state index contributed by atoms with van der Waals surface area (Å²) in [6.07, 6.45) is 0.893. The van der Waals surface area contributed by atoms with Crippen LogP contribution in [0.4, 0.5) is 0 Å². The smallest absolute Gasteiger partial charge is 0.309 e. The van der Waals surface area contributed by atoms with E-state index in [1.807, 2.05) is 6.92 Å². The number of halogens is 1. The van der Waals surface area contributed by atoms with E-state index in [1.54, 1.807) is 0 Å². The van der Waals surface area contributed by atoms with Crippen LogP contribution in [0.2, 0.25) is 0 Å². The van der Waals surface area contributed by atoms with Crippen molar-refractivity contribution < 1.29 is 9.53 Å². The van der Waals surface area contributed by atoms with Gasteiger partial charge < -0.3 is 4.74 Å². The second kappa shape index (κ2) is 6.46. The molecule has 1 unspecified atom stereocenters. The highest BCUT2D eigenvalue weighted by Crippen LogP contribution is 2.15. The Labute approximate surface area is 82.8 Å². The number of rotatable bonds is 5. The van der Waals surface area contributed by atoms with Crippen LogP contribution >= 0.6 is 15.9 Å². The fourth-order valence-corrected chi connectivity index (χ4v) is 1.58. The molecule has 0 saturated heterocycles. The summed E-state index contributed by atoms with van der Waals surface area (Å²) < 4.78 is 4.93. The largest absolute Gasteiger partial charge is 0.466 e. The number of hydrogen-bond donors (Lipinski definition) is 0. The Hall–Kier alpha value is -0.0500. The molecule has 0 aliphatic heterocycles. The summed E-state index contributed by atoms with van der Waals surface area (Å²) in [5.74, 6) is 0.477. The van der Waals surface area contributed by atoms with Gasteiger partial charge in [0.2, 0.25) is 0 Å². The molecule has 0 spiro atoms. The van der Waals surface area contributed by atoms with Crippen LogP contribution < -0.4 is 0 Å². The number of alkyl halides is 1. The minimum atomic E-state index is -0.0805. The molecule has 72 valence electrons. The van der Waals surface area contributed by atoms with Gasteiger partial charge in [-0.2, -0.15) is 0 Å². The van der Waals surface area contributed by atoms with E-state index >= 15 is 0 Å². The third-order valence-corrected chi connectivity index (χ3v) is 2.34. The highest BCUT2D eigenvalue weighted by Gasteiger charge is 2.19. The Bertz CT molecular complexity index is 134. The zero-order valence-electron chi connectivity index (χ0n) is 7.97. The van der Waals surface area contributed by atoms with Gasteiger partial charge in [0.05, 0.1) is 12.5 Å². The molecule has 0 heterocycles. The topological polar surface area (TPSA) is 26.3 Å². The Morgan fingerprint density at radius 3 is 2.42 bits per heavy atom. The minimum Gasteiger partial charge on any atom is -0.466 e. The van der Waals surface area contributed by atoms with Crippen LogP contribution in [-0.2, 0) is 9.53 Å². The lowest BCUT2D eigenvalue weighted by Gasteiger charge is -2.14. The Morgan fingerprint density at radius 1 is 1.50 bits per heavy atom. The molecule has 0 aliphatic carbocycles. The van der Waals surface area contributed by atoms with E-state index in [9.17, 15) is 4.79 Å². The first-order valence-electron chi connectivity index (χ1n) is 4.34. The lowest BCUT2D eigenvalue weighted by Crippen LogP contribution is -2.20. The molecule has 3 heteroatoms. The molecular weight excluding hydrogens is 220 g/mol. The molecule has 1 atom stereocenters. The average molecular weight is 237 g/mol. The highest BCUT2D eigenvalue weighted by atomic mass is 79.9. The minimum absolute atomic E-state index is 0.0185.